The Labute approximate surface area is 145 Å². The third kappa shape index (κ3) is 4.59. The fourth-order valence-corrected chi connectivity index (χ4v) is 2.65. The standard InChI is InChI=1S/C16H20Cl2N2O3/c1-10(2)14(16(22)20-5-7-23-8-6-20)19-15(21)11-3-4-12(17)13(18)9-11/h3-4,9-10,14H,5-8H2,1-2H3,(H,19,21)/t14-/m1/s1. The van der Waals surface area contributed by atoms with Crippen LogP contribution in [0.3, 0.4) is 0 Å². The van der Waals surface area contributed by atoms with E-state index in [2.05, 4.69) is 5.32 Å². The Kier molecular flexibility index (Phi) is 6.27. The van der Waals surface area contributed by atoms with Crippen molar-refractivity contribution in [3.63, 3.8) is 0 Å². The van der Waals surface area contributed by atoms with Crippen LogP contribution in [0.2, 0.25) is 10.0 Å². The first-order valence-corrected chi connectivity index (χ1v) is 8.28. The molecule has 1 N–H and O–H groups in total. The summed E-state index contributed by atoms with van der Waals surface area (Å²) >= 11 is 11.8. The molecule has 0 aliphatic carbocycles. The second-order valence-electron chi connectivity index (χ2n) is 5.76. The van der Waals surface area contributed by atoms with Crippen molar-refractivity contribution in [2.75, 3.05) is 26.3 Å². The lowest BCUT2D eigenvalue weighted by atomic mass is 10.0. The van der Waals surface area contributed by atoms with Gasteiger partial charge < -0.3 is 15.0 Å². The number of carbonyl (C=O) groups is 2. The predicted octanol–water partition coefficient (Wildman–Crippen LogP) is 2.61. The molecule has 2 rings (SSSR count). The molecule has 1 saturated heterocycles. The van der Waals surface area contributed by atoms with Crippen molar-refractivity contribution in [3.8, 4) is 0 Å². The third-order valence-corrected chi connectivity index (χ3v) is 4.46. The van der Waals surface area contributed by atoms with E-state index < -0.39 is 6.04 Å². The SMILES string of the molecule is CC(C)[C@@H](NC(=O)c1ccc(Cl)c(Cl)c1)C(=O)N1CCOCC1. The molecule has 0 radical (unpaired) electrons. The zero-order valence-corrected chi connectivity index (χ0v) is 14.7. The van der Waals surface area contributed by atoms with Crippen molar-refractivity contribution in [1.29, 1.82) is 0 Å². The highest BCUT2D eigenvalue weighted by molar-refractivity contribution is 6.42. The molecule has 2 amide bonds. The third-order valence-electron chi connectivity index (χ3n) is 3.72. The molecule has 0 aromatic heterocycles. The fraction of sp³-hybridized carbons (Fsp3) is 0.500. The van der Waals surface area contributed by atoms with E-state index in [-0.39, 0.29) is 17.7 Å². The number of halogens is 2. The molecule has 1 atom stereocenters. The first-order valence-electron chi connectivity index (χ1n) is 7.52. The highest BCUT2D eigenvalue weighted by Gasteiger charge is 2.29. The van der Waals surface area contributed by atoms with Crippen LogP contribution < -0.4 is 5.32 Å². The van der Waals surface area contributed by atoms with Crippen molar-refractivity contribution < 1.29 is 14.3 Å². The van der Waals surface area contributed by atoms with Gasteiger partial charge in [-0.05, 0) is 24.1 Å². The van der Waals surface area contributed by atoms with Gasteiger partial charge in [0.25, 0.3) is 5.91 Å². The molecule has 0 saturated carbocycles. The highest BCUT2D eigenvalue weighted by Crippen LogP contribution is 2.22. The largest absolute Gasteiger partial charge is 0.378 e. The minimum absolute atomic E-state index is 0.0305. The first-order chi connectivity index (χ1) is 10.9. The van der Waals surface area contributed by atoms with Crippen LogP contribution in [0.5, 0.6) is 0 Å². The van der Waals surface area contributed by atoms with Crippen molar-refractivity contribution in [2.45, 2.75) is 19.9 Å². The number of benzene rings is 1. The molecule has 23 heavy (non-hydrogen) atoms. The lowest BCUT2D eigenvalue weighted by Gasteiger charge is -2.32. The van der Waals surface area contributed by atoms with Gasteiger partial charge in [-0.1, -0.05) is 37.0 Å². The van der Waals surface area contributed by atoms with Crippen LogP contribution in [-0.4, -0.2) is 49.1 Å². The Morgan fingerprint density at radius 3 is 2.39 bits per heavy atom. The monoisotopic (exact) mass is 358 g/mol. The topological polar surface area (TPSA) is 58.6 Å². The van der Waals surface area contributed by atoms with Gasteiger partial charge in [0.05, 0.1) is 23.3 Å². The summed E-state index contributed by atoms with van der Waals surface area (Å²) in [5.41, 5.74) is 0.375. The maximum Gasteiger partial charge on any atom is 0.251 e. The number of hydrogen-bond donors (Lipinski definition) is 1. The van der Waals surface area contributed by atoms with Gasteiger partial charge in [0.1, 0.15) is 6.04 Å². The van der Waals surface area contributed by atoms with Crippen molar-refractivity contribution in [2.24, 2.45) is 5.92 Å². The molecule has 1 aliphatic rings. The molecular formula is C16H20Cl2N2O3. The van der Waals surface area contributed by atoms with Gasteiger partial charge in [-0.3, -0.25) is 9.59 Å². The molecule has 0 bridgehead atoms. The van der Waals surface area contributed by atoms with E-state index >= 15 is 0 Å². The van der Waals surface area contributed by atoms with E-state index in [1.165, 1.54) is 6.07 Å². The van der Waals surface area contributed by atoms with Crippen LogP contribution in [0.25, 0.3) is 0 Å². The Balaban J connectivity index is 2.10. The predicted molar refractivity (Wildman–Crippen MR) is 90.0 cm³/mol. The number of carbonyl (C=O) groups excluding carboxylic acids is 2. The number of morpholine rings is 1. The van der Waals surface area contributed by atoms with Gasteiger partial charge in [-0.15, -0.1) is 0 Å². The zero-order chi connectivity index (χ0) is 17.0. The maximum absolute atomic E-state index is 12.6. The summed E-state index contributed by atoms with van der Waals surface area (Å²) in [6.45, 7) is 5.94. The minimum atomic E-state index is -0.588. The summed E-state index contributed by atoms with van der Waals surface area (Å²) in [7, 11) is 0. The smallest absolute Gasteiger partial charge is 0.251 e. The van der Waals surface area contributed by atoms with Crippen LogP contribution >= 0.6 is 23.2 Å². The summed E-state index contributed by atoms with van der Waals surface area (Å²) in [5.74, 6) is -0.461. The van der Waals surface area contributed by atoms with Crippen molar-refractivity contribution in [1.82, 2.24) is 10.2 Å². The molecular weight excluding hydrogens is 339 g/mol. The minimum Gasteiger partial charge on any atom is -0.378 e. The molecule has 1 aromatic rings. The van der Waals surface area contributed by atoms with Gasteiger partial charge in [-0.2, -0.15) is 0 Å². The van der Waals surface area contributed by atoms with Gasteiger partial charge >= 0.3 is 0 Å². The summed E-state index contributed by atoms with van der Waals surface area (Å²) in [5, 5.41) is 3.49. The number of ether oxygens (including phenoxy) is 1. The Morgan fingerprint density at radius 1 is 1.17 bits per heavy atom. The maximum atomic E-state index is 12.6. The number of amides is 2. The second-order valence-corrected chi connectivity index (χ2v) is 6.58. The van der Waals surface area contributed by atoms with E-state index in [9.17, 15) is 9.59 Å². The zero-order valence-electron chi connectivity index (χ0n) is 13.1. The highest BCUT2D eigenvalue weighted by atomic mass is 35.5. The molecule has 0 unspecified atom stereocenters. The number of hydrogen-bond acceptors (Lipinski definition) is 3. The Hall–Kier alpha value is -1.30. The Morgan fingerprint density at radius 2 is 1.83 bits per heavy atom. The summed E-state index contributed by atoms with van der Waals surface area (Å²) in [6.07, 6.45) is 0. The molecule has 1 aromatic carbocycles. The quantitative estimate of drug-likeness (QED) is 0.899. The molecule has 1 fully saturated rings. The van der Waals surface area contributed by atoms with E-state index in [0.717, 1.165) is 0 Å². The molecule has 7 heteroatoms. The Bertz CT molecular complexity index is 587. The van der Waals surface area contributed by atoms with E-state index in [4.69, 9.17) is 27.9 Å². The van der Waals surface area contributed by atoms with Crippen LogP contribution in [0.1, 0.15) is 24.2 Å². The first kappa shape index (κ1) is 18.0. The van der Waals surface area contributed by atoms with Crippen LogP contribution in [-0.2, 0) is 9.53 Å². The summed E-state index contributed by atoms with van der Waals surface area (Å²) < 4.78 is 5.26. The average molecular weight is 359 g/mol. The van der Waals surface area contributed by atoms with Crippen molar-refractivity contribution >= 4 is 35.0 Å². The van der Waals surface area contributed by atoms with Gasteiger partial charge in [0.2, 0.25) is 5.91 Å². The van der Waals surface area contributed by atoms with E-state index in [1.807, 2.05) is 13.8 Å². The van der Waals surface area contributed by atoms with E-state index in [1.54, 1.807) is 17.0 Å². The average Bonchev–Trinajstić information content (AvgIpc) is 2.54. The number of nitrogens with zero attached hydrogens (tertiary/aromatic N) is 1. The van der Waals surface area contributed by atoms with Crippen LogP contribution in [0.4, 0.5) is 0 Å². The van der Waals surface area contributed by atoms with Gasteiger partial charge in [-0.25, -0.2) is 0 Å². The van der Waals surface area contributed by atoms with Crippen LogP contribution in [0.15, 0.2) is 18.2 Å². The lowest BCUT2D eigenvalue weighted by Crippen LogP contribution is -2.53. The molecule has 0 spiro atoms. The molecule has 1 aliphatic heterocycles. The molecule has 126 valence electrons. The van der Waals surface area contributed by atoms with Gasteiger partial charge in [0.15, 0.2) is 0 Å². The summed E-state index contributed by atoms with van der Waals surface area (Å²) in [4.78, 5) is 26.8. The number of nitrogens with one attached hydrogen (secondary N) is 1. The molecule has 1 heterocycles. The van der Waals surface area contributed by atoms with Gasteiger partial charge in [0, 0.05) is 18.7 Å². The van der Waals surface area contributed by atoms with Crippen molar-refractivity contribution in [3.05, 3.63) is 33.8 Å². The summed E-state index contributed by atoms with van der Waals surface area (Å²) in [6, 6.07) is 4.05. The fourth-order valence-electron chi connectivity index (χ4n) is 2.36. The molecule has 5 nitrogen and oxygen atoms in total. The van der Waals surface area contributed by atoms with Crippen LogP contribution in [0, 0.1) is 5.92 Å². The second kappa shape index (κ2) is 7.99. The van der Waals surface area contributed by atoms with E-state index in [0.29, 0.717) is 41.9 Å². The normalized spacial score (nSPS) is 16.3. The lowest BCUT2D eigenvalue weighted by molar-refractivity contribution is -0.138. The number of rotatable bonds is 4.